The van der Waals surface area contributed by atoms with Gasteiger partial charge in [-0.3, -0.25) is 9.10 Å². The molecule has 4 aromatic carbocycles. The van der Waals surface area contributed by atoms with Crippen molar-refractivity contribution in [2.75, 3.05) is 23.3 Å². The molecule has 0 aliphatic carbocycles. The molecule has 0 spiro atoms. The van der Waals surface area contributed by atoms with Crippen molar-refractivity contribution in [3.8, 4) is 16.9 Å². The molecule has 0 fully saturated rings. The fourth-order valence-electron chi connectivity index (χ4n) is 3.68. The van der Waals surface area contributed by atoms with Gasteiger partial charge in [-0.05, 0) is 55.0 Å². The Hall–Kier alpha value is -4.10. The van der Waals surface area contributed by atoms with Crippen LogP contribution in [-0.2, 0) is 14.8 Å². The first-order chi connectivity index (χ1) is 16.9. The number of anilines is 2. The van der Waals surface area contributed by atoms with Crippen LogP contribution in [0.3, 0.4) is 0 Å². The van der Waals surface area contributed by atoms with E-state index in [1.807, 2.05) is 67.6 Å². The van der Waals surface area contributed by atoms with Crippen LogP contribution in [0, 0.1) is 6.92 Å². The number of hydrogen-bond acceptors (Lipinski definition) is 4. The van der Waals surface area contributed by atoms with Gasteiger partial charge in [-0.15, -0.1) is 0 Å². The highest BCUT2D eigenvalue weighted by Gasteiger charge is 2.27. The van der Waals surface area contributed by atoms with E-state index in [-0.39, 0.29) is 11.4 Å². The third kappa shape index (κ3) is 5.53. The van der Waals surface area contributed by atoms with Crippen LogP contribution in [-0.4, -0.2) is 28.0 Å². The van der Waals surface area contributed by atoms with Crippen molar-refractivity contribution in [1.82, 2.24) is 0 Å². The van der Waals surface area contributed by atoms with Crippen molar-refractivity contribution < 1.29 is 17.9 Å². The number of hydrogen-bond donors (Lipinski definition) is 1. The Kier molecular flexibility index (Phi) is 7.17. The standard InChI is InChI=1S/C28H26N2O4S/c1-21-12-14-23(15-13-21)30(35(32,33)25-18-16-24(34-2)17-19-25)20-28(31)29-27-11-7-6-10-26(27)22-8-4-3-5-9-22/h3-19H,20H2,1-2H3,(H,29,31). The summed E-state index contributed by atoms with van der Waals surface area (Å²) in [5.41, 5.74) is 3.79. The van der Waals surface area contributed by atoms with Gasteiger partial charge < -0.3 is 10.1 Å². The molecule has 7 heteroatoms. The van der Waals surface area contributed by atoms with Crippen molar-refractivity contribution in [1.29, 1.82) is 0 Å². The Labute approximate surface area is 205 Å². The number of nitrogens with one attached hydrogen (secondary N) is 1. The predicted octanol–water partition coefficient (Wildman–Crippen LogP) is 5.50. The molecule has 35 heavy (non-hydrogen) atoms. The summed E-state index contributed by atoms with van der Waals surface area (Å²) in [5, 5.41) is 2.90. The highest BCUT2D eigenvalue weighted by Crippen LogP contribution is 2.29. The number of aryl methyl sites for hydroxylation is 1. The predicted molar refractivity (Wildman–Crippen MR) is 139 cm³/mol. The molecule has 0 bridgehead atoms. The van der Waals surface area contributed by atoms with Gasteiger partial charge in [0, 0.05) is 11.3 Å². The van der Waals surface area contributed by atoms with Crippen LogP contribution < -0.4 is 14.4 Å². The Morgan fingerprint density at radius 2 is 1.46 bits per heavy atom. The highest BCUT2D eigenvalue weighted by molar-refractivity contribution is 7.92. The number of rotatable bonds is 8. The monoisotopic (exact) mass is 486 g/mol. The van der Waals surface area contributed by atoms with E-state index in [0.29, 0.717) is 17.1 Å². The Morgan fingerprint density at radius 3 is 2.11 bits per heavy atom. The van der Waals surface area contributed by atoms with E-state index in [4.69, 9.17) is 4.74 Å². The van der Waals surface area contributed by atoms with Crippen molar-refractivity contribution in [2.45, 2.75) is 11.8 Å². The zero-order valence-corrected chi connectivity index (χ0v) is 20.3. The average Bonchev–Trinajstić information content (AvgIpc) is 2.89. The second-order valence-corrected chi connectivity index (χ2v) is 9.84. The van der Waals surface area contributed by atoms with Gasteiger partial charge in [-0.25, -0.2) is 8.42 Å². The molecule has 0 unspecified atom stereocenters. The third-order valence-corrected chi connectivity index (χ3v) is 7.33. The topological polar surface area (TPSA) is 75.7 Å². The van der Waals surface area contributed by atoms with E-state index < -0.39 is 15.9 Å². The molecular formula is C28H26N2O4S. The van der Waals surface area contributed by atoms with E-state index in [2.05, 4.69) is 5.32 Å². The minimum atomic E-state index is -4.02. The van der Waals surface area contributed by atoms with Crippen molar-refractivity contribution >= 4 is 27.3 Å². The van der Waals surface area contributed by atoms with Crippen LogP contribution in [0.25, 0.3) is 11.1 Å². The molecule has 0 saturated carbocycles. The Bertz CT molecular complexity index is 1400. The molecule has 0 radical (unpaired) electrons. The quantitative estimate of drug-likeness (QED) is 0.357. The smallest absolute Gasteiger partial charge is 0.264 e. The number of sulfonamides is 1. The summed E-state index contributed by atoms with van der Waals surface area (Å²) in [6.45, 7) is 1.53. The summed E-state index contributed by atoms with van der Waals surface area (Å²) in [7, 11) is -2.51. The molecule has 0 saturated heterocycles. The number of para-hydroxylation sites is 1. The van der Waals surface area contributed by atoms with Crippen LogP contribution in [0.15, 0.2) is 108 Å². The molecule has 0 aliphatic rings. The van der Waals surface area contributed by atoms with Crippen LogP contribution >= 0.6 is 0 Å². The van der Waals surface area contributed by atoms with Crippen LogP contribution in [0.2, 0.25) is 0 Å². The molecule has 1 amide bonds. The van der Waals surface area contributed by atoms with E-state index in [1.165, 1.54) is 19.2 Å². The Morgan fingerprint density at radius 1 is 0.829 bits per heavy atom. The van der Waals surface area contributed by atoms with Crippen LogP contribution in [0.1, 0.15) is 5.56 Å². The van der Waals surface area contributed by atoms with Crippen LogP contribution in [0.4, 0.5) is 11.4 Å². The maximum Gasteiger partial charge on any atom is 0.264 e. The number of carbonyl (C=O) groups excluding carboxylic acids is 1. The fourth-order valence-corrected chi connectivity index (χ4v) is 5.10. The molecule has 0 heterocycles. The lowest BCUT2D eigenvalue weighted by atomic mass is 10.0. The first-order valence-electron chi connectivity index (χ1n) is 11.1. The first-order valence-corrected chi connectivity index (χ1v) is 12.5. The summed E-state index contributed by atoms with van der Waals surface area (Å²) in [5.74, 6) is 0.0899. The summed E-state index contributed by atoms with van der Waals surface area (Å²) in [6, 6.07) is 30.2. The number of benzene rings is 4. The zero-order chi connectivity index (χ0) is 24.8. The molecule has 0 aliphatic heterocycles. The fraction of sp³-hybridized carbons (Fsp3) is 0.107. The molecule has 1 N–H and O–H groups in total. The third-order valence-electron chi connectivity index (χ3n) is 5.54. The maximum absolute atomic E-state index is 13.6. The zero-order valence-electron chi connectivity index (χ0n) is 19.5. The second-order valence-electron chi connectivity index (χ2n) is 7.98. The van der Waals surface area contributed by atoms with Crippen molar-refractivity contribution in [3.05, 3.63) is 109 Å². The molecule has 178 valence electrons. The molecule has 0 atom stereocenters. The lowest BCUT2D eigenvalue weighted by molar-refractivity contribution is -0.114. The van der Waals surface area contributed by atoms with Gasteiger partial charge in [0.05, 0.1) is 17.7 Å². The van der Waals surface area contributed by atoms with Gasteiger partial charge in [-0.1, -0.05) is 66.2 Å². The summed E-state index contributed by atoms with van der Waals surface area (Å²) >= 11 is 0. The molecule has 0 aromatic heterocycles. The molecular weight excluding hydrogens is 460 g/mol. The van der Waals surface area contributed by atoms with E-state index in [0.717, 1.165) is 21.0 Å². The maximum atomic E-state index is 13.6. The van der Waals surface area contributed by atoms with Crippen molar-refractivity contribution in [2.24, 2.45) is 0 Å². The number of amides is 1. The summed E-state index contributed by atoms with van der Waals surface area (Å²) in [6.07, 6.45) is 0. The summed E-state index contributed by atoms with van der Waals surface area (Å²) < 4.78 is 33.5. The molecule has 4 rings (SSSR count). The van der Waals surface area contributed by atoms with Gasteiger partial charge in [0.15, 0.2) is 0 Å². The van der Waals surface area contributed by atoms with E-state index in [1.54, 1.807) is 30.3 Å². The van der Waals surface area contributed by atoms with E-state index >= 15 is 0 Å². The summed E-state index contributed by atoms with van der Waals surface area (Å²) in [4.78, 5) is 13.3. The Balaban J connectivity index is 1.66. The number of methoxy groups -OCH3 is 1. The van der Waals surface area contributed by atoms with E-state index in [9.17, 15) is 13.2 Å². The minimum absolute atomic E-state index is 0.0661. The van der Waals surface area contributed by atoms with Gasteiger partial charge in [-0.2, -0.15) is 0 Å². The second kappa shape index (κ2) is 10.4. The SMILES string of the molecule is COc1ccc(S(=O)(=O)N(CC(=O)Nc2ccccc2-c2ccccc2)c2ccc(C)cc2)cc1. The lowest BCUT2D eigenvalue weighted by Crippen LogP contribution is -2.38. The van der Waals surface area contributed by atoms with Gasteiger partial charge >= 0.3 is 0 Å². The van der Waals surface area contributed by atoms with Crippen molar-refractivity contribution in [3.63, 3.8) is 0 Å². The average molecular weight is 487 g/mol. The molecule has 6 nitrogen and oxygen atoms in total. The van der Waals surface area contributed by atoms with Gasteiger partial charge in [0.25, 0.3) is 10.0 Å². The molecule has 4 aromatic rings. The first kappa shape index (κ1) is 24.0. The number of carbonyl (C=O) groups is 1. The van der Waals surface area contributed by atoms with Crippen LogP contribution in [0.5, 0.6) is 5.75 Å². The van der Waals surface area contributed by atoms with Gasteiger partial charge in [0.1, 0.15) is 12.3 Å². The number of nitrogens with zero attached hydrogens (tertiary/aromatic N) is 1. The van der Waals surface area contributed by atoms with Gasteiger partial charge in [0.2, 0.25) is 5.91 Å². The highest BCUT2D eigenvalue weighted by atomic mass is 32.2. The largest absolute Gasteiger partial charge is 0.497 e. The lowest BCUT2D eigenvalue weighted by Gasteiger charge is -2.24. The minimum Gasteiger partial charge on any atom is -0.497 e. The normalized spacial score (nSPS) is 11.0. The number of ether oxygens (including phenoxy) is 1.